The number of rotatable bonds is 8. The number of fused-ring (bicyclic) bond motifs is 2. The van der Waals surface area contributed by atoms with Gasteiger partial charge in [0, 0.05) is 30.4 Å². The second kappa shape index (κ2) is 10.2. The van der Waals surface area contributed by atoms with Crippen molar-refractivity contribution < 1.29 is 34.1 Å². The first-order chi connectivity index (χ1) is 17.1. The number of allylic oxidation sites excluding steroid dienone is 2. The number of benzene rings is 1. The molecule has 6 atom stereocenters. The number of amides is 1. The minimum absolute atomic E-state index is 0.0616. The number of phenols is 1. The molecule has 8 nitrogen and oxygen atoms in total. The van der Waals surface area contributed by atoms with E-state index in [2.05, 4.69) is 6.08 Å². The Labute approximate surface area is 212 Å². The van der Waals surface area contributed by atoms with Gasteiger partial charge in [0.25, 0.3) is 0 Å². The first kappa shape index (κ1) is 26.2. The normalized spacial score (nSPS) is 27.4. The van der Waals surface area contributed by atoms with Crippen molar-refractivity contribution in [1.82, 2.24) is 4.90 Å². The number of nitrogens with zero attached hydrogens (tertiary/aromatic N) is 1. The zero-order valence-corrected chi connectivity index (χ0v) is 21.7. The predicted octanol–water partition coefficient (Wildman–Crippen LogP) is 4.87. The van der Waals surface area contributed by atoms with Crippen molar-refractivity contribution in [2.24, 2.45) is 11.8 Å². The van der Waals surface area contributed by atoms with Gasteiger partial charge < -0.3 is 24.6 Å². The Morgan fingerprint density at radius 1 is 1.19 bits per heavy atom. The van der Waals surface area contributed by atoms with E-state index in [4.69, 9.17) is 9.47 Å². The number of ketones is 1. The lowest BCUT2D eigenvalue weighted by Gasteiger charge is -2.46. The second-order valence-corrected chi connectivity index (χ2v) is 10.4. The van der Waals surface area contributed by atoms with E-state index in [9.17, 15) is 24.6 Å². The number of carbonyl (C=O) groups is 3. The highest BCUT2D eigenvalue weighted by molar-refractivity contribution is 6.01. The number of hydrogen-bond donors (Lipinski definition) is 2. The fourth-order valence-electron chi connectivity index (χ4n) is 5.97. The monoisotopic (exact) mass is 499 g/mol. The second-order valence-electron chi connectivity index (χ2n) is 10.4. The van der Waals surface area contributed by atoms with Crippen LogP contribution >= 0.6 is 0 Å². The average molecular weight is 500 g/mol. The number of aromatic hydroxyl groups is 1. The fraction of sp³-hybridized carbons (Fsp3) is 0.607. The Morgan fingerprint density at radius 3 is 2.58 bits per heavy atom. The maximum absolute atomic E-state index is 13.4. The molecule has 36 heavy (non-hydrogen) atoms. The molecule has 2 N–H and O–H groups in total. The Morgan fingerprint density at radius 2 is 1.92 bits per heavy atom. The molecule has 3 heterocycles. The van der Waals surface area contributed by atoms with E-state index < -0.39 is 24.2 Å². The van der Waals surface area contributed by atoms with Crippen LogP contribution in [0.2, 0.25) is 0 Å². The van der Waals surface area contributed by atoms with Crippen molar-refractivity contribution in [2.75, 3.05) is 6.54 Å². The summed E-state index contributed by atoms with van der Waals surface area (Å²) in [7, 11) is 0. The van der Waals surface area contributed by atoms with Gasteiger partial charge in [0.1, 0.15) is 22.8 Å². The number of carboxylic acid groups (broad SMARTS) is 1. The van der Waals surface area contributed by atoms with Crippen LogP contribution in [0.25, 0.3) is 0 Å². The largest absolute Gasteiger partial charge is 0.507 e. The first-order valence-electron chi connectivity index (χ1n) is 13.0. The highest BCUT2D eigenvalue weighted by atomic mass is 16.5. The molecule has 4 rings (SSSR count). The number of ether oxygens (including phenoxy) is 2. The summed E-state index contributed by atoms with van der Waals surface area (Å²) in [6.45, 7) is 9.68. The van der Waals surface area contributed by atoms with Crippen LogP contribution in [0.3, 0.4) is 0 Å². The van der Waals surface area contributed by atoms with Gasteiger partial charge in [-0.15, -0.1) is 0 Å². The maximum atomic E-state index is 13.4. The smallest absolute Gasteiger partial charge is 0.343 e. The van der Waals surface area contributed by atoms with Gasteiger partial charge in [-0.05, 0) is 64.5 Å². The third kappa shape index (κ3) is 4.29. The number of carbonyl (C=O) groups excluding carboxylic acids is 2. The summed E-state index contributed by atoms with van der Waals surface area (Å²) in [4.78, 5) is 39.9. The fourth-order valence-corrected chi connectivity index (χ4v) is 5.97. The first-order valence-corrected chi connectivity index (χ1v) is 13.0. The summed E-state index contributed by atoms with van der Waals surface area (Å²) in [5.74, 6) is -3.00. The summed E-state index contributed by atoms with van der Waals surface area (Å²) in [5.41, 5.74) is 1.76. The van der Waals surface area contributed by atoms with Crippen LogP contribution in [-0.2, 0) is 14.3 Å². The summed E-state index contributed by atoms with van der Waals surface area (Å²) in [6, 6.07) is 0. The quantitative estimate of drug-likeness (QED) is 0.298. The number of Topliss-reactive ketones (excluding diaryl/α,β-unsaturated/α-hetero) is 1. The Balaban J connectivity index is 1.63. The molecule has 1 aromatic carbocycles. The molecule has 0 radical (unpaired) electrons. The van der Waals surface area contributed by atoms with E-state index in [1.54, 1.807) is 18.7 Å². The molecule has 0 aromatic heterocycles. The molecule has 0 saturated carbocycles. The Bertz CT molecular complexity index is 1090. The Hall–Kier alpha value is -2.87. The van der Waals surface area contributed by atoms with E-state index in [-0.39, 0.29) is 46.7 Å². The lowest BCUT2D eigenvalue weighted by molar-refractivity contribution is -0.152. The van der Waals surface area contributed by atoms with Crippen LogP contribution < -0.4 is 4.74 Å². The molecular formula is C28H37NO7. The molecule has 3 aliphatic heterocycles. The van der Waals surface area contributed by atoms with Crippen molar-refractivity contribution in [3.63, 3.8) is 0 Å². The number of aromatic carboxylic acids is 1. The Kier molecular flexibility index (Phi) is 7.46. The van der Waals surface area contributed by atoms with Gasteiger partial charge in [-0.3, -0.25) is 9.59 Å². The van der Waals surface area contributed by atoms with E-state index >= 15 is 0 Å². The van der Waals surface area contributed by atoms with Gasteiger partial charge in [0.05, 0.1) is 18.1 Å². The standard InChI is InChI=1S/C28H37NO7/c1-6-7-8-9-10-11-19(30)15(3)26(32)29-13-12-18-24-21-20(14(2)17(5)35-24)16(4)23(31)22(28(33)34)25(21)36-27(18)29/h6-7,14-15,17-18,24,27,31H,8-13H2,1-5H3,(H,33,34)/b7-6+/t14-,15?,17-,18+,24+,27-/m1/s1. The molecular weight excluding hydrogens is 462 g/mol. The lowest BCUT2D eigenvalue weighted by Crippen LogP contribution is -2.50. The third-order valence-corrected chi connectivity index (χ3v) is 8.20. The molecule has 0 aliphatic carbocycles. The number of likely N-dealkylation sites (tertiary alicyclic amines) is 1. The minimum Gasteiger partial charge on any atom is -0.507 e. The molecule has 3 aliphatic rings. The number of unbranched alkanes of at least 4 members (excludes halogenated alkanes) is 2. The molecule has 1 aromatic rings. The van der Waals surface area contributed by atoms with Gasteiger partial charge in [-0.2, -0.15) is 0 Å². The lowest BCUT2D eigenvalue weighted by atomic mass is 9.76. The average Bonchev–Trinajstić information content (AvgIpc) is 3.26. The highest BCUT2D eigenvalue weighted by Crippen LogP contribution is 2.56. The van der Waals surface area contributed by atoms with Crippen LogP contribution in [0.15, 0.2) is 12.2 Å². The molecule has 8 heteroatoms. The molecule has 1 saturated heterocycles. The zero-order valence-electron chi connectivity index (χ0n) is 21.7. The maximum Gasteiger partial charge on any atom is 0.343 e. The SMILES string of the molecule is C/C=C/CCCCC(=O)C(C)C(=O)N1CC[C@H]2[C@@H]3O[C@H](C)[C@@H](C)c4c(C)c(O)c(C(=O)O)c(c43)O[C@H]21. The summed E-state index contributed by atoms with van der Waals surface area (Å²) in [5, 5.41) is 20.8. The van der Waals surface area contributed by atoms with E-state index in [0.29, 0.717) is 30.5 Å². The van der Waals surface area contributed by atoms with Crippen LogP contribution in [-0.4, -0.2) is 51.6 Å². The molecule has 0 bridgehead atoms. The number of hydrogen-bond acceptors (Lipinski definition) is 6. The summed E-state index contributed by atoms with van der Waals surface area (Å²) < 4.78 is 12.7. The van der Waals surface area contributed by atoms with Crippen LogP contribution in [0.5, 0.6) is 11.5 Å². The van der Waals surface area contributed by atoms with E-state index in [1.165, 1.54) is 0 Å². The highest BCUT2D eigenvalue weighted by Gasteiger charge is 2.53. The van der Waals surface area contributed by atoms with Gasteiger partial charge in [-0.25, -0.2) is 4.79 Å². The predicted molar refractivity (Wildman–Crippen MR) is 133 cm³/mol. The summed E-state index contributed by atoms with van der Waals surface area (Å²) in [6.07, 6.45) is 6.18. The van der Waals surface area contributed by atoms with Crippen molar-refractivity contribution in [3.8, 4) is 11.5 Å². The van der Waals surface area contributed by atoms with Crippen molar-refractivity contribution in [1.29, 1.82) is 0 Å². The van der Waals surface area contributed by atoms with Crippen LogP contribution in [0.4, 0.5) is 0 Å². The van der Waals surface area contributed by atoms with Crippen molar-refractivity contribution in [3.05, 3.63) is 34.4 Å². The van der Waals surface area contributed by atoms with Gasteiger partial charge in [0.2, 0.25) is 5.91 Å². The molecule has 1 unspecified atom stereocenters. The molecule has 1 fully saturated rings. The van der Waals surface area contributed by atoms with Crippen molar-refractivity contribution in [2.45, 2.75) is 91.1 Å². The van der Waals surface area contributed by atoms with E-state index in [0.717, 1.165) is 24.8 Å². The molecule has 0 spiro atoms. The summed E-state index contributed by atoms with van der Waals surface area (Å²) >= 11 is 0. The zero-order chi connectivity index (χ0) is 26.3. The van der Waals surface area contributed by atoms with Gasteiger partial charge in [0.15, 0.2) is 6.23 Å². The third-order valence-electron chi connectivity index (χ3n) is 8.20. The van der Waals surface area contributed by atoms with Crippen LogP contribution in [0, 0.1) is 18.8 Å². The topological polar surface area (TPSA) is 113 Å². The van der Waals surface area contributed by atoms with E-state index in [1.807, 2.05) is 26.8 Å². The van der Waals surface area contributed by atoms with Gasteiger partial charge in [-0.1, -0.05) is 19.1 Å². The molecule has 196 valence electrons. The van der Waals surface area contributed by atoms with Gasteiger partial charge >= 0.3 is 5.97 Å². The minimum atomic E-state index is -1.30. The van der Waals surface area contributed by atoms with Crippen LogP contribution in [0.1, 0.15) is 98.9 Å². The number of carboxylic acids is 1. The van der Waals surface area contributed by atoms with Crippen molar-refractivity contribution >= 4 is 17.7 Å². The molecule has 1 amide bonds.